The minimum absolute atomic E-state index is 0.0578. The lowest BCUT2D eigenvalue weighted by atomic mass is 9.73. The molecule has 24 heavy (non-hydrogen) atoms. The Bertz CT molecular complexity index is 856. The van der Waals surface area contributed by atoms with Crippen LogP contribution in [-0.4, -0.2) is 17.4 Å². The van der Waals surface area contributed by atoms with Crippen molar-refractivity contribution in [3.05, 3.63) is 83.9 Å². The van der Waals surface area contributed by atoms with Crippen LogP contribution in [0, 0.1) is 11.8 Å². The number of hydrogen-bond donors (Lipinski definition) is 0. The summed E-state index contributed by atoms with van der Waals surface area (Å²) < 4.78 is 5.67. The van der Waals surface area contributed by atoms with Crippen LogP contribution < -0.4 is 0 Å². The Labute approximate surface area is 140 Å². The molecule has 1 aliphatic heterocycles. The smallest absolute Gasteiger partial charge is 0.342 e. The summed E-state index contributed by atoms with van der Waals surface area (Å²) in [6.07, 6.45) is 5.37. The highest BCUT2D eigenvalue weighted by Gasteiger charge is 2.64. The van der Waals surface area contributed by atoms with Crippen molar-refractivity contribution in [1.82, 2.24) is 0 Å². The largest absolute Gasteiger partial charge is 0.405 e. The molecule has 3 heteroatoms. The predicted octanol–water partition coefficient (Wildman–Crippen LogP) is 3.72. The van der Waals surface area contributed by atoms with Crippen molar-refractivity contribution >= 4 is 11.9 Å². The minimum Gasteiger partial charge on any atom is -0.405 e. The third kappa shape index (κ3) is 1.72. The molecule has 5 rings (SSSR count). The molecule has 1 fully saturated rings. The quantitative estimate of drug-likeness (QED) is 0.626. The van der Waals surface area contributed by atoms with E-state index >= 15 is 0 Å². The van der Waals surface area contributed by atoms with Crippen LogP contribution in [-0.2, 0) is 9.53 Å². The van der Waals surface area contributed by atoms with E-state index in [2.05, 4.69) is 24.3 Å². The molecule has 4 atom stereocenters. The highest BCUT2D eigenvalue weighted by Crippen LogP contribution is 2.59. The van der Waals surface area contributed by atoms with Gasteiger partial charge >= 0.3 is 5.97 Å². The van der Waals surface area contributed by atoms with Gasteiger partial charge in [-0.15, -0.1) is 0 Å². The fourth-order valence-corrected chi connectivity index (χ4v) is 4.56. The van der Waals surface area contributed by atoms with Gasteiger partial charge in [0, 0.05) is 17.4 Å². The van der Waals surface area contributed by atoms with E-state index in [0.717, 1.165) is 12.0 Å². The number of esters is 1. The molecule has 3 nitrogen and oxygen atoms in total. The molecule has 0 aromatic heterocycles. The van der Waals surface area contributed by atoms with Crippen molar-refractivity contribution in [2.45, 2.75) is 17.9 Å². The molecular formula is C21H17NO2. The molecule has 2 bridgehead atoms. The van der Waals surface area contributed by atoms with E-state index in [1.165, 1.54) is 5.56 Å². The molecule has 0 saturated heterocycles. The van der Waals surface area contributed by atoms with Crippen LogP contribution in [0.4, 0.5) is 0 Å². The van der Waals surface area contributed by atoms with E-state index < -0.39 is 5.54 Å². The third-order valence-electron chi connectivity index (χ3n) is 5.57. The number of ether oxygens (including phenoxy) is 1. The van der Waals surface area contributed by atoms with E-state index in [-0.39, 0.29) is 17.8 Å². The van der Waals surface area contributed by atoms with Gasteiger partial charge in [-0.3, -0.25) is 0 Å². The van der Waals surface area contributed by atoms with Gasteiger partial charge in [0.25, 0.3) is 0 Å². The molecule has 2 aromatic carbocycles. The first-order valence-electron chi connectivity index (χ1n) is 8.40. The average Bonchev–Trinajstić information content (AvgIpc) is 3.31. The summed E-state index contributed by atoms with van der Waals surface area (Å²) in [4.78, 5) is 17.9. The number of rotatable bonds is 2. The summed E-state index contributed by atoms with van der Waals surface area (Å²) in [5.74, 6) is 0.794. The standard InChI is InChI=1S/C21H17NO2/c23-20-21(22-19(24-20)15-9-5-2-6-10-15)17-12-11-16(13-17)18(21)14-7-3-1-4-8-14/h1-12,16-18H,13H2/t16?,17?,18-,21+/m1/s1. The van der Waals surface area contributed by atoms with Gasteiger partial charge in [-0.05, 0) is 30.0 Å². The topological polar surface area (TPSA) is 38.7 Å². The first-order chi connectivity index (χ1) is 11.8. The van der Waals surface area contributed by atoms with E-state index in [9.17, 15) is 4.79 Å². The summed E-state index contributed by atoms with van der Waals surface area (Å²) in [5, 5.41) is 0. The highest BCUT2D eigenvalue weighted by atomic mass is 16.6. The molecule has 1 spiro atoms. The zero-order chi connectivity index (χ0) is 16.1. The lowest BCUT2D eigenvalue weighted by Gasteiger charge is -2.32. The summed E-state index contributed by atoms with van der Waals surface area (Å²) in [6, 6.07) is 20.0. The zero-order valence-electron chi connectivity index (χ0n) is 13.1. The van der Waals surface area contributed by atoms with Gasteiger partial charge in [0.1, 0.15) is 0 Å². The number of nitrogens with zero attached hydrogens (tertiary/aromatic N) is 1. The Morgan fingerprint density at radius 3 is 2.42 bits per heavy atom. The van der Waals surface area contributed by atoms with Crippen molar-refractivity contribution in [3.63, 3.8) is 0 Å². The molecular weight excluding hydrogens is 298 g/mol. The zero-order valence-corrected chi connectivity index (χ0v) is 13.1. The molecule has 3 aliphatic rings. The molecule has 118 valence electrons. The molecule has 0 radical (unpaired) electrons. The van der Waals surface area contributed by atoms with E-state index in [4.69, 9.17) is 9.73 Å². The second-order valence-corrected chi connectivity index (χ2v) is 6.78. The number of allylic oxidation sites excluding steroid dienone is 1. The van der Waals surface area contributed by atoms with Crippen LogP contribution in [0.25, 0.3) is 0 Å². The monoisotopic (exact) mass is 315 g/mol. The van der Waals surface area contributed by atoms with Crippen LogP contribution in [0.1, 0.15) is 23.5 Å². The number of hydrogen-bond acceptors (Lipinski definition) is 3. The van der Waals surface area contributed by atoms with Crippen LogP contribution in [0.15, 0.2) is 77.8 Å². The van der Waals surface area contributed by atoms with Crippen LogP contribution in [0.5, 0.6) is 0 Å². The molecule has 1 heterocycles. The summed E-state index contributed by atoms with van der Waals surface area (Å²) in [5.41, 5.74) is 1.23. The fraction of sp³-hybridized carbons (Fsp3) is 0.238. The van der Waals surface area contributed by atoms with Crippen LogP contribution in [0.3, 0.4) is 0 Å². The first-order valence-corrected chi connectivity index (χ1v) is 8.40. The lowest BCUT2D eigenvalue weighted by Crippen LogP contribution is -2.44. The van der Waals surface area contributed by atoms with Gasteiger partial charge in [0.2, 0.25) is 5.90 Å². The molecule has 0 N–H and O–H groups in total. The third-order valence-corrected chi connectivity index (χ3v) is 5.57. The van der Waals surface area contributed by atoms with E-state index in [0.29, 0.717) is 11.8 Å². The van der Waals surface area contributed by atoms with Crippen molar-refractivity contribution < 1.29 is 9.53 Å². The van der Waals surface area contributed by atoms with Gasteiger partial charge < -0.3 is 4.74 Å². The summed E-state index contributed by atoms with van der Waals surface area (Å²) >= 11 is 0. The first kappa shape index (κ1) is 13.7. The Kier molecular flexibility index (Phi) is 2.81. The second kappa shape index (κ2) is 4.91. The van der Waals surface area contributed by atoms with Crippen molar-refractivity contribution in [3.8, 4) is 0 Å². The maximum atomic E-state index is 13.0. The Morgan fingerprint density at radius 2 is 1.67 bits per heavy atom. The Balaban J connectivity index is 1.66. The average molecular weight is 315 g/mol. The van der Waals surface area contributed by atoms with Gasteiger partial charge in [-0.1, -0.05) is 60.7 Å². The minimum atomic E-state index is -0.800. The molecule has 1 saturated carbocycles. The number of carbonyl (C=O) groups excluding carboxylic acids is 1. The Morgan fingerprint density at radius 1 is 0.958 bits per heavy atom. The normalized spacial score (nSPS) is 33.1. The van der Waals surface area contributed by atoms with Gasteiger partial charge in [-0.25, -0.2) is 9.79 Å². The number of fused-ring (bicyclic) bond motifs is 3. The fourth-order valence-electron chi connectivity index (χ4n) is 4.56. The van der Waals surface area contributed by atoms with Gasteiger partial charge in [0.05, 0.1) is 0 Å². The van der Waals surface area contributed by atoms with E-state index in [1.54, 1.807) is 0 Å². The van der Waals surface area contributed by atoms with Crippen molar-refractivity contribution in [1.29, 1.82) is 0 Å². The number of benzene rings is 2. The summed E-state index contributed by atoms with van der Waals surface area (Å²) in [7, 11) is 0. The highest BCUT2D eigenvalue weighted by molar-refractivity contribution is 6.09. The number of aliphatic imine (C=N–C) groups is 1. The Hall–Kier alpha value is -2.68. The number of cyclic esters (lactones) is 1. The lowest BCUT2D eigenvalue weighted by molar-refractivity contribution is -0.140. The van der Waals surface area contributed by atoms with Crippen molar-refractivity contribution in [2.24, 2.45) is 16.8 Å². The maximum absolute atomic E-state index is 13.0. The van der Waals surface area contributed by atoms with Crippen LogP contribution >= 0.6 is 0 Å². The maximum Gasteiger partial charge on any atom is 0.342 e. The molecule has 2 aliphatic carbocycles. The van der Waals surface area contributed by atoms with E-state index in [1.807, 2.05) is 48.5 Å². The molecule has 2 aromatic rings. The molecule has 2 unspecified atom stereocenters. The molecule has 0 amide bonds. The van der Waals surface area contributed by atoms with Gasteiger partial charge in [0.15, 0.2) is 5.54 Å². The number of carbonyl (C=O) groups is 1. The second-order valence-electron chi connectivity index (χ2n) is 6.78. The SMILES string of the molecule is O=C1OC(c2ccccc2)=N[C@]12C1C=CC(C1)[C@H]2c1ccccc1. The van der Waals surface area contributed by atoms with Gasteiger partial charge in [-0.2, -0.15) is 0 Å². The van der Waals surface area contributed by atoms with Crippen molar-refractivity contribution in [2.75, 3.05) is 0 Å². The summed E-state index contributed by atoms with van der Waals surface area (Å²) in [6.45, 7) is 0. The van der Waals surface area contributed by atoms with Crippen LogP contribution in [0.2, 0.25) is 0 Å². The predicted molar refractivity (Wildman–Crippen MR) is 91.7 cm³/mol.